The van der Waals surface area contributed by atoms with Crippen molar-refractivity contribution in [3.63, 3.8) is 0 Å². The number of carboxylic acids is 1. The van der Waals surface area contributed by atoms with Crippen LogP contribution in [0.1, 0.15) is 83.5 Å². The van der Waals surface area contributed by atoms with Gasteiger partial charge in [-0.2, -0.15) is 0 Å². The molecule has 6 aliphatic carbocycles. The van der Waals surface area contributed by atoms with Crippen LogP contribution in [0.25, 0.3) is 0 Å². The van der Waals surface area contributed by atoms with Crippen molar-refractivity contribution in [1.82, 2.24) is 4.98 Å². The number of hydrogen-bond acceptors (Lipinski definition) is 3. The molecule has 4 saturated carbocycles. The first kappa shape index (κ1) is 25.8. The van der Waals surface area contributed by atoms with Gasteiger partial charge in [0.05, 0.1) is 12.0 Å². The van der Waals surface area contributed by atoms with E-state index >= 15 is 0 Å². The van der Waals surface area contributed by atoms with E-state index in [1.807, 2.05) is 18.2 Å². The Hall–Kier alpha value is -2.10. The molecule has 4 heteroatoms. The predicted molar refractivity (Wildman–Crippen MR) is 153 cm³/mol. The number of allylic oxidation sites excluding steroid dienone is 4. The monoisotopic (exact) mass is 529 g/mol. The second-order valence-corrected chi connectivity index (χ2v) is 14.1. The minimum Gasteiger partial charge on any atom is -0.481 e. The van der Waals surface area contributed by atoms with Crippen LogP contribution in [0.2, 0.25) is 0 Å². The SMILES string of the molecule is O=C(O)C1(CCOc2ccccn2)CCC=CC1C1CCC2C(CCC3C2CCC2C4CC=CC4CCC23)C1. The molecule has 1 aromatic heterocycles. The average molecular weight is 530 g/mol. The first-order valence-corrected chi connectivity index (χ1v) is 16.2. The van der Waals surface area contributed by atoms with Crippen LogP contribution in [0.4, 0.5) is 0 Å². The molecule has 0 spiro atoms. The Kier molecular flexibility index (Phi) is 7.10. The highest BCUT2D eigenvalue weighted by molar-refractivity contribution is 5.76. The summed E-state index contributed by atoms with van der Waals surface area (Å²) in [5.74, 6) is 8.01. The molecule has 1 aromatic rings. The van der Waals surface area contributed by atoms with Gasteiger partial charge in [-0.25, -0.2) is 4.98 Å². The van der Waals surface area contributed by atoms with Gasteiger partial charge in [0, 0.05) is 12.3 Å². The second kappa shape index (κ2) is 10.7. The minimum atomic E-state index is -0.718. The summed E-state index contributed by atoms with van der Waals surface area (Å²) in [6.07, 6.45) is 27.3. The number of aromatic nitrogens is 1. The molecule has 0 aromatic carbocycles. The fourth-order valence-corrected chi connectivity index (χ4v) is 11.2. The summed E-state index contributed by atoms with van der Waals surface area (Å²) in [4.78, 5) is 17.2. The van der Waals surface area contributed by atoms with E-state index in [9.17, 15) is 9.90 Å². The van der Waals surface area contributed by atoms with Gasteiger partial charge in [-0.3, -0.25) is 4.79 Å². The zero-order valence-electron chi connectivity index (χ0n) is 23.5. The second-order valence-electron chi connectivity index (χ2n) is 14.1. The third kappa shape index (κ3) is 4.58. The van der Waals surface area contributed by atoms with Gasteiger partial charge >= 0.3 is 5.97 Å². The van der Waals surface area contributed by atoms with Gasteiger partial charge in [-0.05, 0) is 149 Å². The molecule has 0 amide bonds. The van der Waals surface area contributed by atoms with Crippen LogP contribution in [0.15, 0.2) is 48.7 Å². The van der Waals surface area contributed by atoms with Gasteiger partial charge in [0.15, 0.2) is 0 Å². The summed E-state index contributed by atoms with van der Waals surface area (Å²) in [5.41, 5.74) is -0.718. The van der Waals surface area contributed by atoms with E-state index in [1.54, 1.807) is 6.20 Å². The average Bonchev–Trinajstić information content (AvgIpc) is 3.47. The van der Waals surface area contributed by atoms with E-state index < -0.39 is 11.4 Å². The molecule has 6 aliphatic rings. The number of ether oxygens (including phenoxy) is 1. The lowest BCUT2D eigenvalue weighted by atomic mass is 9.48. The molecular weight excluding hydrogens is 482 g/mol. The number of aliphatic carboxylic acids is 1. The predicted octanol–water partition coefficient (Wildman–Crippen LogP) is 7.96. The molecule has 11 unspecified atom stereocenters. The topological polar surface area (TPSA) is 59.4 Å². The van der Waals surface area contributed by atoms with Gasteiger partial charge < -0.3 is 9.84 Å². The Bertz CT molecular complexity index is 1080. The van der Waals surface area contributed by atoms with Crippen molar-refractivity contribution in [3.8, 4) is 5.88 Å². The Morgan fingerprint density at radius 1 is 0.872 bits per heavy atom. The fourth-order valence-electron chi connectivity index (χ4n) is 11.2. The summed E-state index contributed by atoms with van der Waals surface area (Å²) in [5, 5.41) is 10.6. The van der Waals surface area contributed by atoms with Crippen LogP contribution in [0.5, 0.6) is 5.88 Å². The number of pyridine rings is 1. The van der Waals surface area contributed by atoms with Gasteiger partial charge in [0.2, 0.25) is 5.88 Å². The molecule has 210 valence electrons. The van der Waals surface area contributed by atoms with E-state index in [0.717, 1.165) is 60.2 Å². The van der Waals surface area contributed by atoms with Crippen molar-refractivity contribution in [2.24, 2.45) is 64.6 Å². The highest BCUT2D eigenvalue weighted by Gasteiger charge is 2.54. The maximum Gasteiger partial charge on any atom is 0.310 e. The van der Waals surface area contributed by atoms with E-state index in [1.165, 1.54) is 64.2 Å². The Morgan fingerprint density at radius 2 is 1.62 bits per heavy atom. The third-order valence-electron chi connectivity index (χ3n) is 12.8. The maximum absolute atomic E-state index is 12.9. The first-order valence-electron chi connectivity index (χ1n) is 16.2. The first-order chi connectivity index (χ1) is 19.1. The molecule has 4 nitrogen and oxygen atoms in total. The lowest BCUT2D eigenvalue weighted by Crippen LogP contribution is -2.50. The number of carboxylic acid groups (broad SMARTS) is 1. The highest BCUT2D eigenvalue weighted by Crippen LogP contribution is 2.61. The third-order valence-corrected chi connectivity index (χ3v) is 12.8. The number of hydrogen-bond donors (Lipinski definition) is 1. The van der Waals surface area contributed by atoms with Crippen molar-refractivity contribution < 1.29 is 14.6 Å². The van der Waals surface area contributed by atoms with Crippen LogP contribution in [0, 0.1) is 64.6 Å². The summed E-state index contributed by atoms with van der Waals surface area (Å²) in [6, 6.07) is 5.64. The van der Waals surface area contributed by atoms with E-state index in [0.29, 0.717) is 24.8 Å². The molecule has 0 bridgehead atoms. The molecule has 11 atom stereocenters. The lowest BCUT2D eigenvalue weighted by molar-refractivity contribution is -0.156. The quantitative estimate of drug-likeness (QED) is 0.380. The van der Waals surface area contributed by atoms with Crippen molar-refractivity contribution >= 4 is 5.97 Å². The van der Waals surface area contributed by atoms with Gasteiger partial charge in [0.25, 0.3) is 0 Å². The van der Waals surface area contributed by atoms with E-state index in [-0.39, 0.29) is 5.92 Å². The van der Waals surface area contributed by atoms with Crippen molar-refractivity contribution in [2.75, 3.05) is 6.61 Å². The van der Waals surface area contributed by atoms with Crippen LogP contribution < -0.4 is 4.74 Å². The molecule has 4 fully saturated rings. The summed E-state index contributed by atoms with van der Waals surface area (Å²) in [7, 11) is 0. The van der Waals surface area contributed by atoms with E-state index in [4.69, 9.17) is 4.74 Å². The number of nitrogens with zero attached hydrogens (tertiary/aromatic N) is 1. The largest absolute Gasteiger partial charge is 0.481 e. The highest BCUT2D eigenvalue weighted by atomic mass is 16.5. The molecule has 0 saturated heterocycles. The molecule has 7 rings (SSSR count). The molecule has 1 N–H and O–H groups in total. The lowest BCUT2D eigenvalue weighted by Gasteiger charge is -2.57. The standard InChI is InChI=1S/C35H47NO3/c37-34(38)35(19-21-39-33-9-2-4-20-36-33)18-3-1-8-32(35)25-12-13-27-24(22-25)11-15-31-29(27)17-16-28-26-7-5-6-23(26)10-14-30(28)31/h1-2,4-6,8-9,20,23-32H,3,7,10-19,21-22H2,(H,37,38). The number of fused-ring (bicyclic) bond motifs is 7. The van der Waals surface area contributed by atoms with Crippen molar-refractivity contribution in [3.05, 3.63) is 48.7 Å². The molecule has 1 heterocycles. The summed E-state index contributed by atoms with van der Waals surface area (Å²) >= 11 is 0. The fraction of sp³-hybridized carbons (Fsp3) is 0.714. The van der Waals surface area contributed by atoms with Crippen LogP contribution >= 0.6 is 0 Å². The van der Waals surface area contributed by atoms with Gasteiger partial charge in [0.1, 0.15) is 0 Å². The zero-order valence-corrected chi connectivity index (χ0v) is 23.5. The van der Waals surface area contributed by atoms with Crippen molar-refractivity contribution in [1.29, 1.82) is 0 Å². The smallest absolute Gasteiger partial charge is 0.310 e. The van der Waals surface area contributed by atoms with Gasteiger partial charge in [-0.15, -0.1) is 0 Å². The van der Waals surface area contributed by atoms with Crippen LogP contribution in [-0.2, 0) is 4.79 Å². The molecule has 0 radical (unpaired) electrons. The van der Waals surface area contributed by atoms with E-state index in [2.05, 4.69) is 29.3 Å². The Morgan fingerprint density at radius 3 is 2.44 bits per heavy atom. The number of carbonyl (C=O) groups is 1. The normalized spacial score (nSPS) is 44.5. The van der Waals surface area contributed by atoms with Crippen LogP contribution in [0.3, 0.4) is 0 Å². The molecular formula is C35H47NO3. The summed E-state index contributed by atoms with van der Waals surface area (Å²) in [6.45, 7) is 0.413. The Labute approximate surface area is 234 Å². The van der Waals surface area contributed by atoms with Crippen LogP contribution in [-0.4, -0.2) is 22.7 Å². The summed E-state index contributed by atoms with van der Waals surface area (Å²) < 4.78 is 5.93. The minimum absolute atomic E-state index is 0.121. The zero-order chi connectivity index (χ0) is 26.4. The molecule has 39 heavy (non-hydrogen) atoms. The number of rotatable bonds is 6. The maximum atomic E-state index is 12.9. The van der Waals surface area contributed by atoms with Gasteiger partial charge in [-0.1, -0.05) is 30.4 Å². The van der Waals surface area contributed by atoms with Crippen molar-refractivity contribution in [2.45, 2.75) is 83.5 Å². The molecule has 0 aliphatic heterocycles. The Balaban J connectivity index is 1.03.